The molecule has 0 saturated heterocycles. The molecule has 2 aromatic carbocycles. The smallest absolute Gasteiger partial charge is 0.319 e. The predicted molar refractivity (Wildman–Crippen MR) is 90.0 cm³/mol. The molecular weight excluding hydrogens is 325 g/mol. The van der Waals surface area contributed by atoms with Crippen molar-refractivity contribution in [2.75, 3.05) is 11.9 Å². The predicted octanol–water partition coefficient (Wildman–Crippen LogP) is 3.03. The summed E-state index contributed by atoms with van der Waals surface area (Å²) >= 11 is 0. The second-order valence-corrected chi connectivity index (χ2v) is 5.10. The van der Waals surface area contributed by atoms with Crippen molar-refractivity contribution in [1.82, 2.24) is 20.3 Å². The molecule has 7 nitrogen and oxygen atoms in total. The molecule has 2 amide bonds. The average Bonchev–Trinajstić information content (AvgIpc) is 3.10. The second kappa shape index (κ2) is 7.91. The molecule has 0 radical (unpaired) electrons. The molecule has 0 atom stereocenters. The van der Waals surface area contributed by atoms with Gasteiger partial charge in [0.15, 0.2) is 5.75 Å². The summed E-state index contributed by atoms with van der Waals surface area (Å²) in [6.07, 6.45) is 3.28. The topological polar surface area (TPSA) is 81.1 Å². The molecule has 0 unspecified atom stereocenters. The second-order valence-electron chi connectivity index (χ2n) is 5.10. The molecule has 0 aliphatic carbocycles. The Balaban J connectivity index is 1.59. The number of carbonyl (C=O) groups excluding carboxylic acids is 1. The first-order valence-electron chi connectivity index (χ1n) is 7.62. The van der Waals surface area contributed by atoms with Gasteiger partial charge in [0.1, 0.15) is 11.6 Å². The van der Waals surface area contributed by atoms with Crippen LogP contribution in [0.3, 0.4) is 0 Å². The summed E-state index contributed by atoms with van der Waals surface area (Å²) in [7, 11) is 0. The minimum atomic E-state index is -0.395. The highest BCUT2D eigenvalue weighted by Gasteiger charge is 2.08. The van der Waals surface area contributed by atoms with Gasteiger partial charge < -0.3 is 15.4 Å². The van der Waals surface area contributed by atoms with Gasteiger partial charge in [0.25, 0.3) is 0 Å². The van der Waals surface area contributed by atoms with Gasteiger partial charge in [0.05, 0.1) is 18.4 Å². The van der Waals surface area contributed by atoms with E-state index in [0.29, 0.717) is 30.3 Å². The molecule has 3 rings (SSSR count). The largest absolute Gasteiger partial charge is 0.455 e. The molecular formula is C17H16FN5O2. The summed E-state index contributed by atoms with van der Waals surface area (Å²) in [6, 6.07) is 12.3. The lowest BCUT2D eigenvalue weighted by atomic mass is 10.3. The van der Waals surface area contributed by atoms with Crippen molar-refractivity contribution in [3.05, 3.63) is 66.7 Å². The van der Waals surface area contributed by atoms with Crippen molar-refractivity contribution in [2.24, 2.45) is 0 Å². The van der Waals surface area contributed by atoms with Gasteiger partial charge in [-0.2, -0.15) is 0 Å². The van der Waals surface area contributed by atoms with Gasteiger partial charge in [-0.1, -0.05) is 23.4 Å². The lowest BCUT2D eigenvalue weighted by molar-refractivity contribution is 0.251. The number of anilines is 1. The van der Waals surface area contributed by atoms with Crippen molar-refractivity contribution in [2.45, 2.75) is 6.54 Å². The molecule has 128 valence electrons. The summed E-state index contributed by atoms with van der Waals surface area (Å²) in [5.41, 5.74) is 0.477. The number of urea groups is 1. The zero-order valence-corrected chi connectivity index (χ0v) is 13.2. The minimum absolute atomic E-state index is 0.348. The number of amides is 2. The van der Waals surface area contributed by atoms with Crippen LogP contribution in [0.4, 0.5) is 14.9 Å². The van der Waals surface area contributed by atoms with E-state index in [-0.39, 0.29) is 6.03 Å². The van der Waals surface area contributed by atoms with Crippen molar-refractivity contribution >= 4 is 11.7 Å². The van der Waals surface area contributed by atoms with Crippen LogP contribution in [0.25, 0.3) is 0 Å². The van der Waals surface area contributed by atoms with Crippen LogP contribution in [0.1, 0.15) is 0 Å². The van der Waals surface area contributed by atoms with Crippen LogP contribution in [0, 0.1) is 5.82 Å². The molecule has 1 heterocycles. The van der Waals surface area contributed by atoms with Crippen LogP contribution in [0.15, 0.2) is 60.9 Å². The summed E-state index contributed by atoms with van der Waals surface area (Å²) in [4.78, 5) is 12.0. The number of aromatic nitrogens is 3. The molecule has 0 aliphatic heterocycles. The van der Waals surface area contributed by atoms with Crippen molar-refractivity contribution < 1.29 is 13.9 Å². The number of nitrogens with one attached hydrogen (secondary N) is 2. The zero-order chi connectivity index (χ0) is 17.5. The number of hydrogen-bond acceptors (Lipinski definition) is 4. The summed E-state index contributed by atoms with van der Waals surface area (Å²) in [5, 5.41) is 12.9. The summed E-state index contributed by atoms with van der Waals surface area (Å²) in [5.74, 6) is 0.370. The fourth-order valence-electron chi connectivity index (χ4n) is 2.12. The van der Waals surface area contributed by atoms with E-state index < -0.39 is 5.82 Å². The van der Waals surface area contributed by atoms with Crippen LogP contribution in [-0.2, 0) is 6.54 Å². The minimum Gasteiger partial charge on any atom is -0.455 e. The number of ether oxygens (including phenoxy) is 1. The van der Waals surface area contributed by atoms with Crippen LogP contribution >= 0.6 is 0 Å². The van der Waals surface area contributed by atoms with Crippen LogP contribution in [-0.4, -0.2) is 27.6 Å². The van der Waals surface area contributed by atoms with E-state index in [1.54, 1.807) is 53.5 Å². The number of benzene rings is 2. The Morgan fingerprint density at radius 3 is 2.88 bits per heavy atom. The standard InChI is InChI=1S/C17H16FN5O2/c18-13-4-3-5-14(12-13)25-16-7-2-1-6-15(16)21-17(24)19-8-10-23-11-9-20-22-23/h1-7,9,11-12H,8,10H2,(H2,19,21,24). The van der Waals surface area contributed by atoms with Crippen molar-refractivity contribution in [1.29, 1.82) is 0 Å². The first kappa shape index (κ1) is 16.4. The Bertz CT molecular complexity index is 839. The Labute approximate surface area is 143 Å². The molecule has 25 heavy (non-hydrogen) atoms. The number of carbonyl (C=O) groups is 1. The van der Waals surface area contributed by atoms with E-state index in [1.165, 1.54) is 12.1 Å². The van der Waals surface area contributed by atoms with Gasteiger partial charge in [-0.05, 0) is 24.3 Å². The number of halogens is 1. The maximum absolute atomic E-state index is 13.3. The fourth-order valence-corrected chi connectivity index (χ4v) is 2.12. The lowest BCUT2D eigenvalue weighted by Gasteiger charge is -2.13. The van der Waals surface area contributed by atoms with Gasteiger partial charge in [-0.15, -0.1) is 5.10 Å². The fraction of sp³-hybridized carbons (Fsp3) is 0.118. The van der Waals surface area contributed by atoms with E-state index >= 15 is 0 Å². The van der Waals surface area contributed by atoms with Gasteiger partial charge in [0, 0.05) is 18.8 Å². The maximum Gasteiger partial charge on any atom is 0.319 e. The Kier molecular flexibility index (Phi) is 5.20. The first-order valence-corrected chi connectivity index (χ1v) is 7.62. The highest BCUT2D eigenvalue weighted by atomic mass is 19.1. The van der Waals surface area contributed by atoms with E-state index in [1.807, 2.05) is 0 Å². The number of nitrogens with zero attached hydrogens (tertiary/aromatic N) is 3. The third kappa shape index (κ3) is 4.77. The van der Waals surface area contributed by atoms with Crippen molar-refractivity contribution in [3.63, 3.8) is 0 Å². The molecule has 0 fully saturated rings. The average molecular weight is 341 g/mol. The van der Waals surface area contributed by atoms with Gasteiger partial charge >= 0.3 is 6.03 Å². The quantitative estimate of drug-likeness (QED) is 0.722. The molecule has 8 heteroatoms. The third-order valence-corrected chi connectivity index (χ3v) is 3.26. The summed E-state index contributed by atoms with van der Waals surface area (Å²) < 4.78 is 20.5. The monoisotopic (exact) mass is 341 g/mol. The molecule has 3 aromatic rings. The normalized spacial score (nSPS) is 10.3. The Morgan fingerprint density at radius 1 is 1.20 bits per heavy atom. The van der Waals surface area contributed by atoms with Gasteiger partial charge in [-0.3, -0.25) is 4.68 Å². The Morgan fingerprint density at radius 2 is 2.08 bits per heavy atom. The molecule has 1 aromatic heterocycles. The highest BCUT2D eigenvalue weighted by Crippen LogP contribution is 2.29. The lowest BCUT2D eigenvalue weighted by Crippen LogP contribution is -2.31. The zero-order valence-electron chi connectivity index (χ0n) is 13.2. The highest BCUT2D eigenvalue weighted by molar-refractivity contribution is 5.90. The molecule has 2 N–H and O–H groups in total. The SMILES string of the molecule is O=C(NCCn1ccnn1)Nc1ccccc1Oc1cccc(F)c1. The molecule has 0 spiro atoms. The summed E-state index contributed by atoms with van der Waals surface area (Å²) in [6.45, 7) is 0.900. The first-order chi connectivity index (χ1) is 12.2. The van der Waals surface area contributed by atoms with Gasteiger partial charge in [-0.25, -0.2) is 9.18 Å². The van der Waals surface area contributed by atoms with Crippen LogP contribution in [0.5, 0.6) is 11.5 Å². The maximum atomic E-state index is 13.3. The van der Waals surface area contributed by atoms with E-state index in [2.05, 4.69) is 20.9 Å². The molecule has 0 aliphatic rings. The third-order valence-electron chi connectivity index (χ3n) is 3.26. The number of rotatable bonds is 6. The van der Waals surface area contributed by atoms with E-state index in [0.717, 1.165) is 0 Å². The van der Waals surface area contributed by atoms with E-state index in [4.69, 9.17) is 4.74 Å². The van der Waals surface area contributed by atoms with Gasteiger partial charge in [0.2, 0.25) is 0 Å². The van der Waals surface area contributed by atoms with Crippen molar-refractivity contribution in [3.8, 4) is 11.5 Å². The molecule has 0 saturated carbocycles. The van der Waals surface area contributed by atoms with Crippen LogP contribution < -0.4 is 15.4 Å². The van der Waals surface area contributed by atoms with Crippen LogP contribution in [0.2, 0.25) is 0 Å². The van der Waals surface area contributed by atoms with E-state index in [9.17, 15) is 9.18 Å². The number of hydrogen-bond donors (Lipinski definition) is 2. The number of para-hydroxylation sites is 2. The molecule has 0 bridgehead atoms. The Hall–Kier alpha value is -3.42.